The summed E-state index contributed by atoms with van der Waals surface area (Å²) < 4.78 is 5.10. The molecule has 6 heteroatoms. The Morgan fingerprint density at radius 3 is 2.61 bits per heavy atom. The molecular formula is C12H17N3O3. The van der Waals surface area contributed by atoms with Gasteiger partial charge in [0.1, 0.15) is 5.75 Å². The number of para-hydroxylation sites is 2. The fourth-order valence-corrected chi connectivity index (χ4v) is 1.46. The highest BCUT2D eigenvalue weighted by Crippen LogP contribution is 2.23. The van der Waals surface area contributed by atoms with Gasteiger partial charge in [-0.1, -0.05) is 12.1 Å². The quantitative estimate of drug-likeness (QED) is 0.837. The zero-order chi connectivity index (χ0) is 13.5. The Balaban J connectivity index is 2.82. The monoisotopic (exact) mass is 251 g/mol. The number of benzene rings is 1. The highest BCUT2D eigenvalue weighted by molar-refractivity contribution is 6.01. The van der Waals surface area contributed by atoms with Crippen LogP contribution in [0.25, 0.3) is 0 Å². The maximum Gasteiger partial charge on any atom is 0.328 e. The molecule has 0 atom stereocenters. The van der Waals surface area contributed by atoms with Crippen LogP contribution in [0.2, 0.25) is 0 Å². The predicted molar refractivity (Wildman–Crippen MR) is 68.5 cm³/mol. The minimum absolute atomic E-state index is 0.177. The molecule has 0 saturated carbocycles. The summed E-state index contributed by atoms with van der Waals surface area (Å²) in [6, 6.07) is 6.45. The Hall–Kier alpha value is -2.08. The van der Waals surface area contributed by atoms with Gasteiger partial charge in [0.15, 0.2) is 0 Å². The van der Waals surface area contributed by atoms with Gasteiger partial charge in [0, 0.05) is 20.0 Å². The number of urea groups is 1. The summed E-state index contributed by atoms with van der Waals surface area (Å²) in [6.07, 6.45) is 0. The van der Waals surface area contributed by atoms with Crippen molar-refractivity contribution in [3.05, 3.63) is 24.3 Å². The molecule has 0 aliphatic rings. The number of rotatable bonds is 4. The molecule has 0 aromatic heterocycles. The normalized spacial score (nSPS) is 9.72. The van der Waals surface area contributed by atoms with E-state index in [4.69, 9.17) is 10.5 Å². The third kappa shape index (κ3) is 3.46. The Morgan fingerprint density at radius 1 is 1.39 bits per heavy atom. The summed E-state index contributed by atoms with van der Waals surface area (Å²) >= 11 is 0. The fraction of sp³-hybridized carbons (Fsp3) is 0.333. The lowest BCUT2D eigenvalue weighted by molar-refractivity contribution is -0.125. The van der Waals surface area contributed by atoms with E-state index < -0.39 is 6.03 Å². The first-order valence-corrected chi connectivity index (χ1v) is 5.52. The number of ether oxygens (including phenoxy) is 1. The zero-order valence-corrected chi connectivity index (χ0v) is 10.5. The van der Waals surface area contributed by atoms with E-state index in [9.17, 15) is 9.59 Å². The van der Waals surface area contributed by atoms with Gasteiger partial charge in [0.25, 0.3) is 0 Å². The Labute approximate surface area is 106 Å². The van der Waals surface area contributed by atoms with Gasteiger partial charge >= 0.3 is 6.03 Å². The molecule has 1 aromatic carbocycles. The van der Waals surface area contributed by atoms with Crippen molar-refractivity contribution in [3.8, 4) is 5.75 Å². The van der Waals surface area contributed by atoms with E-state index >= 15 is 0 Å². The molecule has 3 N–H and O–H groups in total. The van der Waals surface area contributed by atoms with Crippen LogP contribution in [0.3, 0.4) is 0 Å². The first-order chi connectivity index (χ1) is 8.60. The van der Waals surface area contributed by atoms with E-state index in [1.54, 1.807) is 24.3 Å². The molecule has 0 saturated heterocycles. The van der Waals surface area contributed by atoms with Crippen LogP contribution in [-0.4, -0.2) is 37.0 Å². The average molecular weight is 251 g/mol. The number of anilines is 1. The van der Waals surface area contributed by atoms with Gasteiger partial charge < -0.3 is 15.8 Å². The molecule has 0 radical (unpaired) electrons. The number of methoxy groups -OCH3 is 1. The number of carbonyl (C=O) groups is 2. The van der Waals surface area contributed by atoms with Crippen LogP contribution in [0.1, 0.15) is 6.92 Å². The Bertz CT molecular complexity index is 434. The van der Waals surface area contributed by atoms with Crippen LogP contribution < -0.4 is 15.8 Å². The number of nitrogens with two attached hydrogens (primary N) is 1. The third-order valence-electron chi connectivity index (χ3n) is 2.33. The van der Waals surface area contributed by atoms with Crippen LogP contribution in [-0.2, 0) is 4.79 Å². The van der Waals surface area contributed by atoms with Crippen LogP contribution in [0.4, 0.5) is 10.5 Å². The smallest absolute Gasteiger partial charge is 0.328 e. The number of carbonyl (C=O) groups excluding carboxylic acids is 2. The standard InChI is InChI=1S/C12H17N3O3/c1-9(16)15(8-7-13)12(17)14-10-5-3-4-6-11(10)18-2/h3-6H,7-8,13H2,1-2H3,(H,14,17). The predicted octanol–water partition coefficient (Wildman–Crippen LogP) is 1.03. The Morgan fingerprint density at radius 2 is 2.06 bits per heavy atom. The van der Waals surface area contributed by atoms with E-state index in [1.807, 2.05) is 0 Å². The molecule has 0 fully saturated rings. The molecule has 0 aliphatic carbocycles. The number of hydrogen-bond donors (Lipinski definition) is 2. The molecule has 0 spiro atoms. The van der Waals surface area contributed by atoms with Crippen molar-refractivity contribution in [1.82, 2.24) is 4.90 Å². The van der Waals surface area contributed by atoms with E-state index in [0.29, 0.717) is 11.4 Å². The molecule has 18 heavy (non-hydrogen) atoms. The summed E-state index contributed by atoms with van der Waals surface area (Å²) in [5.74, 6) is 0.176. The molecule has 6 nitrogen and oxygen atoms in total. The van der Waals surface area contributed by atoms with Gasteiger partial charge in [0.2, 0.25) is 5.91 Å². The molecule has 0 unspecified atom stereocenters. The second kappa shape index (κ2) is 6.61. The van der Waals surface area contributed by atoms with Gasteiger partial charge in [-0.2, -0.15) is 0 Å². The largest absolute Gasteiger partial charge is 0.495 e. The molecule has 0 bridgehead atoms. The van der Waals surface area contributed by atoms with Gasteiger partial charge in [0.05, 0.1) is 12.8 Å². The van der Waals surface area contributed by atoms with E-state index in [1.165, 1.54) is 14.0 Å². The molecule has 0 aliphatic heterocycles. The van der Waals surface area contributed by atoms with Crippen molar-refractivity contribution in [3.63, 3.8) is 0 Å². The Kier molecular flexibility index (Phi) is 5.13. The zero-order valence-electron chi connectivity index (χ0n) is 10.5. The average Bonchev–Trinajstić information content (AvgIpc) is 2.36. The van der Waals surface area contributed by atoms with Gasteiger partial charge in [-0.3, -0.25) is 9.69 Å². The van der Waals surface area contributed by atoms with Crippen LogP contribution >= 0.6 is 0 Å². The fourth-order valence-electron chi connectivity index (χ4n) is 1.46. The minimum Gasteiger partial charge on any atom is -0.495 e. The second-order valence-electron chi connectivity index (χ2n) is 3.59. The summed E-state index contributed by atoms with van der Waals surface area (Å²) in [4.78, 5) is 24.2. The molecule has 0 heterocycles. The van der Waals surface area contributed by atoms with Crippen LogP contribution in [0.15, 0.2) is 24.3 Å². The lowest BCUT2D eigenvalue weighted by Gasteiger charge is -2.19. The SMILES string of the molecule is COc1ccccc1NC(=O)N(CCN)C(C)=O. The highest BCUT2D eigenvalue weighted by Gasteiger charge is 2.18. The molecule has 1 rings (SSSR count). The van der Waals surface area contributed by atoms with Crippen molar-refractivity contribution in [2.45, 2.75) is 6.92 Å². The lowest BCUT2D eigenvalue weighted by Crippen LogP contribution is -2.41. The summed E-state index contributed by atoms with van der Waals surface area (Å²) in [5.41, 5.74) is 5.86. The number of hydrogen-bond acceptors (Lipinski definition) is 4. The van der Waals surface area contributed by atoms with Gasteiger partial charge in [-0.05, 0) is 12.1 Å². The highest BCUT2D eigenvalue weighted by atomic mass is 16.5. The van der Waals surface area contributed by atoms with Crippen LogP contribution in [0, 0.1) is 0 Å². The van der Waals surface area contributed by atoms with E-state index in [2.05, 4.69) is 5.32 Å². The summed E-state index contributed by atoms with van der Waals surface area (Å²) in [5, 5.41) is 2.61. The third-order valence-corrected chi connectivity index (χ3v) is 2.33. The number of nitrogens with zero attached hydrogens (tertiary/aromatic N) is 1. The van der Waals surface area contributed by atoms with E-state index in [0.717, 1.165) is 4.90 Å². The maximum absolute atomic E-state index is 11.9. The molecule has 98 valence electrons. The number of imide groups is 1. The van der Waals surface area contributed by atoms with Crippen molar-refractivity contribution >= 4 is 17.6 Å². The summed E-state index contributed by atoms with van der Waals surface area (Å²) in [6.45, 7) is 1.71. The first kappa shape index (κ1) is 14.0. The summed E-state index contributed by atoms with van der Waals surface area (Å²) in [7, 11) is 1.51. The maximum atomic E-state index is 11.9. The van der Waals surface area contributed by atoms with Crippen molar-refractivity contribution < 1.29 is 14.3 Å². The first-order valence-electron chi connectivity index (χ1n) is 5.52. The van der Waals surface area contributed by atoms with Crippen molar-refractivity contribution in [2.75, 3.05) is 25.5 Å². The second-order valence-corrected chi connectivity index (χ2v) is 3.59. The minimum atomic E-state index is -0.516. The molecule has 3 amide bonds. The van der Waals surface area contributed by atoms with Gasteiger partial charge in [-0.25, -0.2) is 4.79 Å². The lowest BCUT2D eigenvalue weighted by atomic mass is 10.3. The number of nitrogens with one attached hydrogen (secondary N) is 1. The number of amides is 3. The van der Waals surface area contributed by atoms with Crippen molar-refractivity contribution in [1.29, 1.82) is 0 Å². The van der Waals surface area contributed by atoms with Crippen molar-refractivity contribution in [2.24, 2.45) is 5.73 Å². The topological polar surface area (TPSA) is 84.7 Å². The van der Waals surface area contributed by atoms with Crippen LogP contribution in [0.5, 0.6) is 5.75 Å². The van der Waals surface area contributed by atoms with E-state index in [-0.39, 0.29) is 19.0 Å². The molecular weight excluding hydrogens is 234 g/mol. The molecule has 1 aromatic rings. The van der Waals surface area contributed by atoms with Gasteiger partial charge in [-0.15, -0.1) is 0 Å².